The topological polar surface area (TPSA) is 234 Å². The van der Waals surface area contributed by atoms with Crippen LogP contribution in [0.15, 0.2) is 64.3 Å². The van der Waals surface area contributed by atoms with E-state index in [9.17, 15) is 38.1 Å². The number of nitrogens with zero attached hydrogens (tertiary/aromatic N) is 1. The van der Waals surface area contributed by atoms with Crippen molar-refractivity contribution in [3.8, 4) is 11.5 Å². The van der Waals surface area contributed by atoms with Crippen LogP contribution in [0.2, 0.25) is 0 Å². The number of anilines is 2. The molecule has 0 spiro atoms. The molecule has 49 heavy (non-hydrogen) atoms. The molecular weight excluding hydrogens is 844 g/mol. The zero-order valence-electron chi connectivity index (χ0n) is 26.2. The molecule has 0 saturated carbocycles. The van der Waals surface area contributed by atoms with Crippen LogP contribution in [0.3, 0.4) is 0 Å². The van der Waals surface area contributed by atoms with Gasteiger partial charge in [0.2, 0.25) is 11.8 Å². The number of hydrogen-bond donors (Lipinski definition) is 5. The standard InChI is InChI=1S/C26H28Br2N4O13P2.2Na/c1-15-13-32(26(36)31-25(15)35)24-10-20(45-47(39,40)44-19-7-3-5-17(9-19)30-23(34)12-28)21(42-24)14-41-46(37,38)43-18-6-2-4-16(8-18)29-22(33)11-27;;/h2-9,13,20-21,24H,10-12,14H2,1H3,(H,29,33)(H,30,34)(H,37,38)(H,39,40)(H,31,35,36);;/t20-,21+,24+;;/m0../s1. The number of aromatic amines is 1. The van der Waals surface area contributed by atoms with E-state index in [1.165, 1.54) is 61.7 Å². The number of alkyl halides is 2. The normalized spacial score (nSPS) is 19.2. The summed E-state index contributed by atoms with van der Waals surface area (Å²) in [5.74, 6) is -1.02. The Kier molecular flexibility index (Phi) is 17.7. The average Bonchev–Trinajstić information content (AvgIpc) is 3.39. The Morgan fingerprint density at radius 1 is 0.959 bits per heavy atom. The van der Waals surface area contributed by atoms with E-state index in [1.54, 1.807) is 0 Å². The van der Waals surface area contributed by atoms with Crippen LogP contribution in [-0.2, 0) is 32.5 Å². The average molecular weight is 872 g/mol. The molecule has 1 saturated heterocycles. The van der Waals surface area contributed by atoms with Crippen LogP contribution in [-0.4, -0.2) is 120 Å². The summed E-state index contributed by atoms with van der Waals surface area (Å²) >= 11 is 6.03. The molecule has 2 unspecified atom stereocenters. The second-order valence-corrected chi connectivity index (χ2v) is 13.7. The van der Waals surface area contributed by atoms with Crippen molar-refractivity contribution in [2.24, 2.45) is 0 Å². The zero-order chi connectivity index (χ0) is 34.4. The fourth-order valence-electron chi connectivity index (χ4n) is 4.24. The minimum atomic E-state index is -4.95. The van der Waals surface area contributed by atoms with Gasteiger partial charge in [-0.3, -0.25) is 42.8 Å². The van der Waals surface area contributed by atoms with Crippen molar-refractivity contribution in [2.45, 2.75) is 31.8 Å². The third kappa shape index (κ3) is 13.4. The van der Waals surface area contributed by atoms with Crippen LogP contribution < -0.4 is 30.9 Å². The monoisotopic (exact) mass is 870 g/mol. The van der Waals surface area contributed by atoms with E-state index in [4.69, 9.17) is 22.8 Å². The summed E-state index contributed by atoms with van der Waals surface area (Å²) < 4.78 is 53.6. The maximum absolute atomic E-state index is 13.1. The number of phosphoric ester groups is 2. The van der Waals surface area contributed by atoms with Gasteiger partial charge in [0.05, 0.1) is 17.3 Å². The first kappa shape index (κ1) is 44.0. The first-order valence-corrected chi connectivity index (χ1v) is 18.7. The number of nitrogens with one attached hydrogen (secondary N) is 3. The molecule has 1 aromatic heterocycles. The summed E-state index contributed by atoms with van der Waals surface area (Å²) in [5, 5.41) is 5.11. The van der Waals surface area contributed by atoms with Gasteiger partial charge in [-0.1, -0.05) is 44.0 Å². The minimum absolute atomic E-state index is 0. The number of carbonyl (C=O) groups excluding carboxylic acids is 2. The number of hydrogen-bond acceptors (Lipinski definition) is 11. The van der Waals surface area contributed by atoms with Crippen molar-refractivity contribution in [3.05, 3.63) is 81.1 Å². The molecule has 2 amide bonds. The van der Waals surface area contributed by atoms with E-state index in [2.05, 4.69) is 47.5 Å². The van der Waals surface area contributed by atoms with Crippen LogP contribution in [0.1, 0.15) is 18.2 Å². The van der Waals surface area contributed by atoms with Crippen molar-refractivity contribution in [2.75, 3.05) is 27.9 Å². The predicted molar refractivity (Wildman–Crippen MR) is 186 cm³/mol. The molecule has 1 aliphatic rings. The maximum atomic E-state index is 13.1. The summed E-state index contributed by atoms with van der Waals surface area (Å²) in [6.07, 6.45) is -2.93. The second kappa shape index (κ2) is 19.6. The van der Waals surface area contributed by atoms with E-state index < -0.39 is 51.9 Å². The predicted octanol–water partition coefficient (Wildman–Crippen LogP) is 2.80. The van der Waals surface area contributed by atoms with Crippen LogP contribution in [0.5, 0.6) is 11.5 Å². The number of aromatic nitrogens is 2. The van der Waals surface area contributed by atoms with Gasteiger partial charge in [-0.25, -0.2) is 13.9 Å². The molecule has 0 aliphatic carbocycles. The number of H-pyrrole nitrogens is 1. The molecule has 5 atom stereocenters. The Hall–Kier alpha value is -1.12. The van der Waals surface area contributed by atoms with Gasteiger partial charge >= 0.3 is 21.3 Å². The van der Waals surface area contributed by atoms with Gasteiger partial charge in [-0.2, -0.15) is 0 Å². The van der Waals surface area contributed by atoms with Crippen molar-refractivity contribution >= 4 is 130 Å². The van der Waals surface area contributed by atoms with Gasteiger partial charge in [0.25, 0.3) is 5.56 Å². The largest absolute Gasteiger partial charge is 0.527 e. The van der Waals surface area contributed by atoms with Gasteiger partial charge in [0.1, 0.15) is 29.9 Å². The Balaban J connectivity index is 0.00000417. The molecule has 2 aromatic carbocycles. The first-order valence-electron chi connectivity index (χ1n) is 13.4. The summed E-state index contributed by atoms with van der Waals surface area (Å²) in [4.78, 5) is 71.0. The summed E-state index contributed by atoms with van der Waals surface area (Å²) in [6.45, 7) is 0.711. The molecule has 1 fully saturated rings. The van der Waals surface area contributed by atoms with Crippen molar-refractivity contribution in [1.82, 2.24) is 9.55 Å². The van der Waals surface area contributed by atoms with E-state index in [0.717, 1.165) is 4.57 Å². The number of benzene rings is 2. The minimum Gasteiger partial charge on any atom is -0.404 e. The van der Waals surface area contributed by atoms with Crippen molar-refractivity contribution in [1.29, 1.82) is 0 Å². The molecule has 256 valence electrons. The summed E-state index contributed by atoms with van der Waals surface area (Å²) in [5.41, 5.74) is -0.770. The Morgan fingerprint density at radius 3 is 2.02 bits per heavy atom. The number of amides is 2. The molecule has 3 aromatic rings. The Morgan fingerprint density at radius 2 is 1.49 bits per heavy atom. The van der Waals surface area contributed by atoms with E-state index >= 15 is 0 Å². The number of ether oxygens (including phenoxy) is 1. The van der Waals surface area contributed by atoms with Crippen LogP contribution in [0, 0.1) is 6.92 Å². The third-order valence-corrected chi connectivity index (χ3v) is 9.14. The molecule has 1 aliphatic heterocycles. The Labute approximate surface area is 339 Å². The molecule has 2 heterocycles. The number of phosphoric acid groups is 2. The quantitative estimate of drug-likeness (QED) is 0.0892. The van der Waals surface area contributed by atoms with Gasteiger partial charge in [0.15, 0.2) is 0 Å². The SMILES string of the molecule is Cc1cn([C@H]2C[C@H](OP(=O)(O)Oc3cccc(NC(=O)CBr)c3)[C@@H](COP(=O)(O)Oc3cccc(NC(=O)CBr)c3)O2)c(=O)[nH]c1=O.[Na].[Na]. The fourth-order valence-corrected chi connectivity index (χ4v) is 6.27. The van der Waals surface area contributed by atoms with Gasteiger partial charge in [0, 0.05) is 101 Å². The summed E-state index contributed by atoms with van der Waals surface area (Å²) in [7, 11) is -9.82. The molecule has 4 rings (SSSR count). The van der Waals surface area contributed by atoms with E-state index in [0.29, 0.717) is 0 Å². The molecule has 0 bridgehead atoms. The number of aryl methyl sites for hydroxylation is 1. The van der Waals surface area contributed by atoms with Crippen LogP contribution >= 0.6 is 47.5 Å². The van der Waals surface area contributed by atoms with Gasteiger partial charge in [-0.05, 0) is 31.2 Å². The number of carbonyl (C=O) groups is 2. The Bertz CT molecular complexity index is 1850. The molecule has 5 N–H and O–H groups in total. The molecule has 23 heteroatoms. The smallest absolute Gasteiger partial charge is 0.404 e. The van der Waals surface area contributed by atoms with Gasteiger partial charge < -0.3 is 24.4 Å². The van der Waals surface area contributed by atoms with Crippen molar-refractivity contribution in [3.63, 3.8) is 0 Å². The van der Waals surface area contributed by atoms with Crippen molar-refractivity contribution < 1.29 is 51.3 Å². The van der Waals surface area contributed by atoms with Crippen LogP contribution in [0.25, 0.3) is 0 Å². The molecule has 2 radical (unpaired) electrons. The van der Waals surface area contributed by atoms with E-state index in [-0.39, 0.29) is 116 Å². The van der Waals surface area contributed by atoms with E-state index in [1.807, 2.05) is 0 Å². The van der Waals surface area contributed by atoms with Crippen LogP contribution in [0.4, 0.5) is 11.4 Å². The molecular formula is C26H28Br2N4Na2O13P2. The number of halogens is 2. The summed E-state index contributed by atoms with van der Waals surface area (Å²) in [6, 6.07) is 11.2. The second-order valence-electron chi connectivity index (χ2n) is 9.82. The fraction of sp³-hybridized carbons (Fsp3) is 0.308. The maximum Gasteiger partial charge on any atom is 0.527 e. The third-order valence-electron chi connectivity index (χ3n) is 6.23. The molecule has 17 nitrogen and oxygen atoms in total. The zero-order valence-corrected chi connectivity index (χ0v) is 35.2. The van der Waals surface area contributed by atoms with Gasteiger partial charge in [-0.15, -0.1) is 0 Å². The first-order chi connectivity index (χ1) is 22.2. The number of rotatable bonds is 14.